The maximum Gasteiger partial charge on any atom is 0.246 e. The molecule has 0 spiro atoms. The second-order valence-electron chi connectivity index (χ2n) is 4.44. The number of aryl methyl sites for hydroxylation is 1. The van der Waals surface area contributed by atoms with Crippen molar-refractivity contribution in [1.82, 2.24) is 19.4 Å². The van der Waals surface area contributed by atoms with Crippen LogP contribution in [0.3, 0.4) is 0 Å². The van der Waals surface area contributed by atoms with Crippen molar-refractivity contribution in [3.63, 3.8) is 0 Å². The van der Waals surface area contributed by atoms with Gasteiger partial charge in [0.25, 0.3) is 0 Å². The largest absolute Gasteiger partial charge is 0.312 e. The molecule has 2 rings (SSSR count). The number of piperazine rings is 1. The van der Waals surface area contributed by atoms with Crippen LogP contribution in [0.15, 0.2) is 11.1 Å². The molecule has 0 aliphatic carbocycles. The van der Waals surface area contributed by atoms with Crippen LogP contribution in [0.2, 0.25) is 0 Å². The first kappa shape index (κ1) is 12.5. The molecule has 96 valence electrons. The molecule has 1 fully saturated rings. The molecule has 1 saturated heterocycles. The minimum absolute atomic E-state index is 0.190. The maximum absolute atomic E-state index is 12.4. The Bertz CT molecular complexity index is 508. The summed E-state index contributed by atoms with van der Waals surface area (Å²) < 4.78 is 27.9. The highest BCUT2D eigenvalue weighted by Crippen LogP contribution is 2.19. The fourth-order valence-corrected chi connectivity index (χ4v) is 3.70. The van der Waals surface area contributed by atoms with Gasteiger partial charge in [0.05, 0.1) is 11.9 Å². The zero-order chi connectivity index (χ0) is 12.6. The number of aromatic nitrogens is 2. The molecular formula is C10H18N4O2S. The molecule has 17 heavy (non-hydrogen) atoms. The number of sulfonamides is 1. The Labute approximate surface area is 102 Å². The van der Waals surface area contributed by atoms with Crippen LogP contribution in [0.1, 0.15) is 12.6 Å². The van der Waals surface area contributed by atoms with Crippen molar-refractivity contribution in [2.75, 3.05) is 19.6 Å². The van der Waals surface area contributed by atoms with Gasteiger partial charge in [-0.2, -0.15) is 9.40 Å². The summed E-state index contributed by atoms with van der Waals surface area (Å²) in [7, 11) is -1.65. The SMILES string of the molecule is Cc1c(S(=O)(=O)N2CCN[C@H](C)C2)cnn1C. The maximum atomic E-state index is 12.4. The Morgan fingerprint density at radius 1 is 1.53 bits per heavy atom. The van der Waals surface area contributed by atoms with Crippen LogP contribution in [0, 0.1) is 6.92 Å². The number of nitrogens with one attached hydrogen (secondary N) is 1. The lowest BCUT2D eigenvalue weighted by Crippen LogP contribution is -2.51. The van der Waals surface area contributed by atoms with Crippen molar-refractivity contribution >= 4 is 10.0 Å². The van der Waals surface area contributed by atoms with Gasteiger partial charge in [-0.3, -0.25) is 4.68 Å². The van der Waals surface area contributed by atoms with Crippen LogP contribution in [0.4, 0.5) is 0 Å². The van der Waals surface area contributed by atoms with E-state index in [0.717, 1.165) is 0 Å². The van der Waals surface area contributed by atoms with Crippen LogP contribution in [-0.2, 0) is 17.1 Å². The standard InChI is InChI=1S/C10H18N4O2S/c1-8-7-14(5-4-11-8)17(15,16)10-6-12-13(3)9(10)2/h6,8,11H,4-5,7H2,1-3H3/t8-/m1/s1. The van der Waals surface area contributed by atoms with E-state index >= 15 is 0 Å². The molecule has 1 atom stereocenters. The summed E-state index contributed by atoms with van der Waals surface area (Å²) in [6.07, 6.45) is 1.43. The van der Waals surface area contributed by atoms with Gasteiger partial charge in [0, 0.05) is 32.7 Å². The third-order valence-corrected chi connectivity index (χ3v) is 5.11. The first-order valence-electron chi connectivity index (χ1n) is 5.65. The molecule has 0 unspecified atom stereocenters. The lowest BCUT2D eigenvalue weighted by Gasteiger charge is -2.30. The van der Waals surface area contributed by atoms with Gasteiger partial charge >= 0.3 is 0 Å². The highest BCUT2D eigenvalue weighted by molar-refractivity contribution is 7.89. The van der Waals surface area contributed by atoms with Crippen molar-refractivity contribution in [2.24, 2.45) is 7.05 Å². The van der Waals surface area contributed by atoms with Crippen LogP contribution in [-0.4, -0.2) is 48.2 Å². The Kier molecular flexibility index (Phi) is 3.24. The number of nitrogens with zero attached hydrogens (tertiary/aromatic N) is 3. The second kappa shape index (κ2) is 4.40. The monoisotopic (exact) mass is 258 g/mol. The topological polar surface area (TPSA) is 67.2 Å². The smallest absolute Gasteiger partial charge is 0.246 e. The first-order valence-corrected chi connectivity index (χ1v) is 7.09. The van der Waals surface area contributed by atoms with Crippen molar-refractivity contribution in [3.8, 4) is 0 Å². The van der Waals surface area contributed by atoms with Crippen molar-refractivity contribution < 1.29 is 8.42 Å². The Morgan fingerprint density at radius 2 is 2.24 bits per heavy atom. The van der Waals surface area contributed by atoms with Gasteiger partial charge in [0.15, 0.2) is 0 Å². The lowest BCUT2D eigenvalue weighted by molar-refractivity contribution is 0.310. The predicted octanol–water partition coefficient (Wildman–Crippen LogP) is -0.289. The van der Waals surface area contributed by atoms with Crippen LogP contribution in [0.25, 0.3) is 0 Å². The third-order valence-electron chi connectivity index (χ3n) is 3.14. The molecule has 1 N–H and O–H groups in total. The summed E-state index contributed by atoms with van der Waals surface area (Å²) in [5, 5.41) is 7.22. The van der Waals surface area contributed by atoms with Gasteiger partial charge in [-0.15, -0.1) is 0 Å². The summed E-state index contributed by atoms with van der Waals surface area (Å²) in [5.41, 5.74) is 0.677. The lowest BCUT2D eigenvalue weighted by atomic mass is 10.3. The minimum Gasteiger partial charge on any atom is -0.312 e. The van der Waals surface area contributed by atoms with Gasteiger partial charge in [-0.1, -0.05) is 0 Å². The average molecular weight is 258 g/mol. The molecule has 0 bridgehead atoms. The molecule has 7 heteroatoms. The molecule has 2 heterocycles. The molecule has 1 aromatic rings. The van der Waals surface area contributed by atoms with Crippen molar-refractivity contribution in [3.05, 3.63) is 11.9 Å². The number of hydrogen-bond donors (Lipinski definition) is 1. The van der Waals surface area contributed by atoms with E-state index in [1.807, 2.05) is 6.92 Å². The van der Waals surface area contributed by atoms with Crippen LogP contribution >= 0.6 is 0 Å². The third kappa shape index (κ3) is 2.22. The molecule has 0 saturated carbocycles. The normalized spacial score (nSPS) is 22.9. The van der Waals surface area contributed by atoms with E-state index in [1.54, 1.807) is 18.7 Å². The van der Waals surface area contributed by atoms with Crippen molar-refractivity contribution in [2.45, 2.75) is 24.8 Å². The Morgan fingerprint density at radius 3 is 2.76 bits per heavy atom. The molecule has 6 nitrogen and oxygen atoms in total. The quantitative estimate of drug-likeness (QED) is 0.791. The minimum atomic E-state index is -3.39. The van der Waals surface area contributed by atoms with E-state index < -0.39 is 10.0 Å². The average Bonchev–Trinajstić information content (AvgIpc) is 2.60. The van der Waals surface area contributed by atoms with E-state index in [1.165, 1.54) is 10.5 Å². The zero-order valence-electron chi connectivity index (χ0n) is 10.3. The van der Waals surface area contributed by atoms with Crippen molar-refractivity contribution in [1.29, 1.82) is 0 Å². The highest BCUT2D eigenvalue weighted by Gasteiger charge is 2.30. The van der Waals surface area contributed by atoms with Crippen LogP contribution < -0.4 is 5.32 Å². The molecule has 1 aromatic heterocycles. The molecule has 1 aliphatic heterocycles. The molecule has 0 aromatic carbocycles. The summed E-state index contributed by atoms with van der Waals surface area (Å²) in [5.74, 6) is 0. The molecular weight excluding hydrogens is 240 g/mol. The van der Waals surface area contributed by atoms with E-state index in [0.29, 0.717) is 30.2 Å². The predicted molar refractivity (Wildman–Crippen MR) is 64.2 cm³/mol. The molecule has 0 amide bonds. The Hall–Kier alpha value is -0.920. The van der Waals surface area contributed by atoms with E-state index in [4.69, 9.17) is 0 Å². The van der Waals surface area contributed by atoms with Gasteiger partial charge < -0.3 is 5.32 Å². The van der Waals surface area contributed by atoms with E-state index in [-0.39, 0.29) is 6.04 Å². The summed E-state index contributed by atoms with van der Waals surface area (Å²) in [4.78, 5) is 0.314. The number of rotatable bonds is 2. The fraction of sp³-hybridized carbons (Fsp3) is 0.700. The van der Waals surface area contributed by atoms with Gasteiger partial charge in [0.2, 0.25) is 10.0 Å². The van der Waals surface area contributed by atoms with Gasteiger partial charge in [-0.05, 0) is 13.8 Å². The summed E-state index contributed by atoms with van der Waals surface area (Å²) in [6, 6.07) is 0.190. The fourth-order valence-electron chi connectivity index (χ4n) is 1.99. The van der Waals surface area contributed by atoms with Crippen LogP contribution in [0.5, 0.6) is 0 Å². The first-order chi connectivity index (χ1) is 7.93. The number of hydrogen-bond acceptors (Lipinski definition) is 4. The van der Waals surface area contributed by atoms with E-state index in [2.05, 4.69) is 10.4 Å². The van der Waals surface area contributed by atoms with E-state index in [9.17, 15) is 8.42 Å². The molecule has 1 aliphatic rings. The van der Waals surface area contributed by atoms with Gasteiger partial charge in [-0.25, -0.2) is 8.42 Å². The van der Waals surface area contributed by atoms with Gasteiger partial charge in [0.1, 0.15) is 4.90 Å². The highest BCUT2D eigenvalue weighted by atomic mass is 32.2. The zero-order valence-corrected chi connectivity index (χ0v) is 11.2. The second-order valence-corrected chi connectivity index (χ2v) is 6.34. The summed E-state index contributed by atoms with van der Waals surface area (Å²) in [6.45, 7) is 5.47. The Balaban J connectivity index is 2.33. The summed E-state index contributed by atoms with van der Waals surface area (Å²) >= 11 is 0. The molecule has 0 radical (unpaired) electrons.